The molecule has 1 aromatic carbocycles. The van der Waals surface area contributed by atoms with Gasteiger partial charge < -0.3 is 10.1 Å². The number of unbranched alkanes of at least 4 members (excludes halogenated alkanes) is 1. The van der Waals surface area contributed by atoms with Gasteiger partial charge in [0.2, 0.25) is 5.91 Å². The number of thioether (sulfide) groups is 1. The van der Waals surface area contributed by atoms with Gasteiger partial charge in [-0.15, -0.1) is 11.8 Å². The molecule has 0 radical (unpaired) electrons. The Balaban J connectivity index is 1.82. The zero-order valence-corrected chi connectivity index (χ0v) is 12.0. The molecule has 104 valence electrons. The maximum Gasteiger partial charge on any atom is 0.242 e. The van der Waals surface area contributed by atoms with E-state index in [1.807, 2.05) is 24.3 Å². The van der Waals surface area contributed by atoms with E-state index in [1.54, 1.807) is 11.8 Å². The van der Waals surface area contributed by atoms with Gasteiger partial charge in [-0.05, 0) is 30.7 Å². The van der Waals surface area contributed by atoms with Crippen molar-refractivity contribution in [2.45, 2.75) is 25.8 Å². The summed E-state index contributed by atoms with van der Waals surface area (Å²) >= 11 is 1.74. The van der Waals surface area contributed by atoms with Crippen molar-refractivity contribution < 1.29 is 9.53 Å². The molecule has 4 nitrogen and oxygen atoms in total. The minimum absolute atomic E-state index is 0.0321. The minimum Gasteiger partial charge on any atom is -0.494 e. The molecule has 0 saturated carbocycles. The molecule has 5 heteroatoms. The zero-order valence-electron chi connectivity index (χ0n) is 11.1. The Morgan fingerprint density at radius 1 is 1.47 bits per heavy atom. The topological polar surface area (TPSA) is 50.4 Å². The Labute approximate surface area is 118 Å². The number of hydrogen-bond acceptors (Lipinski definition) is 4. The van der Waals surface area contributed by atoms with E-state index in [-0.39, 0.29) is 11.9 Å². The van der Waals surface area contributed by atoms with Gasteiger partial charge in [0.25, 0.3) is 0 Å². The minimum atomic E-state index is -0.0783. The quantitative estimate of drug-likeness (QED) is 0.786. The number of carbonyl (C=O) groups is 1. The molecule has 1 saturated heterocycles. The molecule has 1 aromatic rings. The highest BCUT2D eigenvalue weighted by Crippen LogP contribution is 2.17. The Kier molecular flexibility index (Phi) is 5.54. The molecular weight excluding hydrogens is 260 g/mol. The highest BCUT2D eigenvalue weighted by Gasteiger charge is 2.22. The van der Waals surface area contributed by atoms with Crippen molar-refractivity contribution in [1.82, 2.24) is 5.32 Å². The Bertz CT molecular complexity index is 402. The number of rotatable bonds is 6. The Hall–Kier alpha value is -1.20. The number of ether oxygens (including phenoxy) is 1. The van der Waals surface area contributed by atoms with Gasteiger partial charge in [-0.2, -0.15) is 0 Å². The molecule has 1 aliphatic heterocycles. The van der Waals surface area contributed by atoms with Crippen LogP contribution >= 0.6 is 11.8 Å². The smallest absolute Gasteiger partial charge is 0.242 e. The van der Waals surface area contributed by atoms with Crippen molar-refractivity contribution >= 4 is 23.4 Å². The van der Waals surface area contributed by atoms with Crippen LogP contribution in [0.5, 0.6) is 5.75 Å². The van der Waals surface area contributed by atoms with Crippen LogP contribution in [0, 0.1) is 0 Å². The third kappa shape index (κ3) is 4.44. The lowest BCUT2D eigenvalue weighted by Crippen LogP contribution is -2.37. The fourth-order valence-electron chi connectivity index (χ4n) is 1.76. The van der Waals surface area contributed by atoms with E-state index in [0.29, 0.717) is 0 Å². The van der Waals surface area contributed by atoms with Crippen LogP contribution in [0.4, 0.5) is 5.69 Å². The van der Waals surface area contributed by atoms with Crippen LogP contribution in [-0.2, 0) is 4.79 Å². The van der Waals surface area contributed by atoms with Crippen molar-refractivity contribution in [3.05, 3.63) is 24.3 Å². The monoisotopic (exact) mass is 280 g/mol. The van der Waals surface area contributed by atoms with E-state index in [1.165, 1.54) is 0 Å². The summed E-state index contributed by atoms with van der Waals surface area (Å²) in [6.45, 7) is 2.88. The number of nitrogens with one attached hydrogen (secondary N) is 2. The molecule has 0 spiro atoms. The van der Waals surface area contributed by atoms with Crippen LogP contribution in [-0.4, -0.2) is 30.2 Å². The molecule has 1 heterocycles. The Morgan fingerprint density at radius 2 is 2.26 bits per heavy atom. The second-order valence-corrected chi connectivity index (χ2v) is 5.52. The van der Waals surface area contributed by atoms with Crippen LogP contribution in [0.1, 0.15) is 19.8 Å². The number of amides is 1. The van der Waals surface area contributed by atoms with Gasteiger partial charge in [-0.3, -0.25) is 10.1 Å². The molecule has 2 rings (SSSR count). The molecule has 2 N–H and O–H groups in total. The molecule has 0 aromatic heterocycles. The van der Waals surface area contributed by atoms with E-state index in [4.69, 9.17) is 4.74 Å². The fraction of sp³-hybridized carbons (Fsp3) is 0.500. The predicted molar refractivity (Wildman–Crippen MR) is 79.7 cm³/mol. The van der Waals surface area contributed by atoms with Gasteiger partial charge in [-0.25, -0.2) is 0 Å². The first-order chi connectivity index (χ1) is 9.29. The van der Waals surface area contributed by atoms with E-state index in [2.05, 4.69) is 17.6 Å². The van der Waals surface area contributed by atoms with Gasteiger partial charge in [0, 0.05) is 17.3 Å². The summed E-state index contributed by atoms with van der Waals surface area (Å²) in [5.74, 6) is 2.57. The van der Waals surface area contributed by atoms with Crippen molar-refractivity contribution in [3.8, 4) is 5.75 Å². The van der Waals surface area contributed by atoms with Crippen LogP contribution in [0.3, 0.4) is 0 Å². The second-order valence-electron chi connectivity index (χ2n) is 4.49. The van der Waals surface area contributed by atoms with E-state index in [0.717, 1.165) is 42.5 Å². The molecule has 1 fully saturated rings. The highest BCUT2D eigenvalue weighted by molar-refractivity contribution is 7.99. The lowest BCUT2D eigenvalue weighted by Gasteiger charge is -2.11. The maximum atomic E-state index is 11.9. The second kappa shape index (κ2) is 7.40. The van der Waals surface area contributed by atoms with Gasteiger partial charge in [0.1, 0.15) is 5.75 Å². The van der Waals surface area contributed by atoms with Crippen molar-refractivity contribution in [3.63, 3.8) is 0 Å². The van der Waals surface area contributed by atoms with Gasteiger partial charge in [-0.1, -0.05) is 13.3 Å². The molecule has 1 amide bonds. The lowest BCUT2D eigenvalue weighted by atomic mass is 10.2. The summed E-state index contributed by atoms with van der Waals surface area (Å²) in [6, 6.07) is 7.46. The normalized spacial score (nSPS) is 18.3. The van der Waals surface area contributed by atoms with Gasteiger partial charge in [0.15, 0.2) is 0 Å². The summed E-state index contributed by atoms with van der Waals surface area (Å²) in [4.78, 5) is 11.9. The molecule has 19 heavy (non-hydrogen) atoms. The SMILES string of the molecule is CCCCOc1ccc(NC(=O)C2CSCN2)cc1. The third-order valence-electron chi connectivity index (χ3n) is 2.92. The van der Waals surface area contributed by atoms with Gasteiger partial charge in [0.05, 0.1) is 12.6 Å². The first-order valence-electron chi connectivity index (χ1n) is 6.64. The van der Waals surface area contributed by atoms with E-state index >= 15 is 0 Å². The standard InChI is InChI=1S/C14H20N2O2S/c1-2-3-8-18-12-6-4-11(5-7-12)16-14(17)13-9-19-10-15-13/h4-7,13,15H,2-3,8-10H2,1H3,(H,16,17). The molecular formula is C14H20N2O2S. The number of benzene rings is 1. The van der Waals surface area contributed by atoms with Crippen LogP contribution in [0.15, 0.2) is 24.3 Å². The van der Waals surface area contributed by atoms with Crippen LogP contribution in [0.2, 0.25) is 0 Å². The molecule has 1 aliphatic rings. The van der Waals surface area contributed by atoms with Crippen molar-refractivity contribution in [1.29, 1.82) is 0 Å². The molecule has 1 atom stereocenters. The van der Waals surface area contributed by atoms with Crippen LogP contribution in [0.25, 0.3) is 0 Å². The van der Waals surface area contributed by atoms with Crippen molar-refractivity contribution in [2.75, 3.05) is 23.6 Å². The molecule has 1 unspecified atom stereocenters. The van der Waals surface area contributed by atoms with E-state index < -0.39 is 0 Å². The first-order valence-corrected chi connectivity index (χ1v) is 7.80. The summed E-state index contributed by atoms with van der Waals surface area (Å²) in [5, 5.41) is 6.06. The average molecular weight is 280 g/mol. The zero-order chi connectivity index (χ0) is 13.5. The molecule has 0 bridgehead atoms. The highest BCUT2D eigenvalue weighted by atomic mass is 32.2. The van der Waals surface area contributed by atoms with E-state index in [9.17, 15) is 4.79 Å². The maximum absolute atomic E-state index is 11.9. The number of hydrogen-bond donors (Lipinski definition) is 2. The number of carbonyl (C=O) groups excluding carboxylic acids is 1. The summed E-state index contributed by atoms with van der Waals surface area (Å²) in [5.41, 5.74) is 0.812. The third-order valence-corrected chi connectivity index (χ3v) is 3.86. The predicted octanol–water partition coefficient (Wildman–Crippen LogP) is 2.47. The Morgan fingerprint density at radius 3 is 2.89 bits per heavy atom. The largest absolute Gasteiger partial charge is 0.494 e. The number of anilines is 1. The summed E-state index contributed by atoms with van der Waals surface area (Å²) in [6.07, 6.45) is 2.18. The van der Waals surface area contributed by atoms with Crippen molar-refractivity contribution in [2.24, 2.45) is 0 Å². The average Bonchev–Trinajstić information content (AvgIpc) is 2.95. The molecule has 0 aliphatic carbocycles. The van der Waals surface area contributed by atoms with Crippen LogP contribution < -0.4 is 15.4 Å². The summed E-state index contributed by atoms with van der Waals surface area (Å²) in [7, 11) is 0. The summed E-state index contributed by atoms with van der Waals surface area (Å²) < 4.78 is 5.58. The van der Waals surface area contributed by atoms with Gasteiger partial charge >= 0.3 is 0 Å². The first kappa shape index (κ1) is 14.2. The lowest BCUT2D eigenvalue weighted by molar-refractivity contribution is -0.117. The fourth-order valence-corrected chi connectivity index (χ4v) is 2.70.